The van der Waals surface area contributed by atoms with Crippen LogP contribution >= 0.6 is 12.2 Å². The van der Waals surface area contributed by atoms with Crippen molar-refractivity contribution in [1.29, 1.82) is 0 Å². The molecular formula is C20H23F2N5S. The van der Waals surface area contributed by atoms with Gasteiger partial charge in [0.05, 0.1) is 11.9 Å². The summed E-state index contributed by atoms with van der Waals surface area (Å²) >= 11 is 4.61. The van der Waals surface area contributed by atoms with E-state index in [0.717, 1.165) is 32.3 Å². The summed E-state index contributed by atoms with van der Waals surface area (Å²) in [6, 6.07) is 13.4. The normalized spacial score (nSPS) is 15.1. The topological polar surface area (TPSA) is 56.9 Å². The van der Waals surface area contributed by atoms with Gasteiger partial charge < -0.3 is 10.6 Å². The maximum Gasteiger partial charge on any atom is 0.184 e. The number of nitrogens with two attached hydrogens (primary N) is 1. The first kappa shape index (κ1) is 20.2. The predicted molar refractivity (Wildman–Crippen MR) is 113 cm³/mol. The lowest BCUT2D eigenvalue weighted by molar-refractivity contribution is 0.260. The lowest BCUT2D eigenvalue weighted by Crippen LogP contribution is -2.47. The third-order valence-corrected chi connectivity index (χ3v) is 4.83. The van der Waals surface area contributed by atoms with Crippen LogP contribution in [0.25, 0.3) is 0 Å². The van der Waals surface area contributed by atoms with Crippen molar-refractivity contribution in [3.8, 4) is 0 Å². The Labute approximate surface area is 168 Å². The molecule has 0 aromatic heterocycles. The number of hydrazone groups is 1. The van der Waals surface area contributed by atoms with Crippen LogP contribution < -0.4 is 16.1 Å². The molecule has 148 valence electrons. The Bertz CT molecular complexity index is 836. The average Bonchev–Trinajstić information content (AvgIpc) is 2.71. The number of thiocarbonyl (C=S) groups is 1. The number of benzene rings is 2. The fourth-order valence-electron chi connectivity index (χ4n) is 3.21. The molecule has 0 bridgehead atoms. The van der Waals surface area contributed by atoms with Crippen molar-refractivity contribution in [3.63, 3.8) is 0 Å². The molecule has 8 heteroatoms. The monoisotopic (exact) mass is 403 g/mol. The Balaban J connectivity index is 1.57. The Morgan fingerprint density at radius 1 is 1.07 bits per heavy atom. The van der Waals surface area contributed by atoms with Crippen molar-refractivity contribution in [2.45, 2.75) is 6.42 Å². The second-order valence-electron chi connectivity index (χ2n) is 6.60. The van der Waals surface area contributed by atoms with E-state index in [9.17, 15) is 8.78 Å². The zero-order chi connectivity index (χ0) is 19.9. The minimum absolute atomic E-state index is 0.0338. The fourth-order valence-corrected chi connectivity index (χ4v) is 3.26. The molecule has 0 unspecified atom stereocenters. The van der Waals surface area contributed by atoms with Crippen LogP contribution in [0.2, 0.25) is 0 Å². The fraction of sp³-hybridized carbons (Fsp3) is 0.300. The summed E-state index contributed by atoms with van der Waals surface area (Å²) in [5.41, 5.74) is 9.18. The molecule has 5 nitrogen and oxygen atoms in total. The van der Waals surface area contributed by atoms with Crippen LogP contribution in [0.4, 0.5) is 14.5 Å². The minimum Gasteiger partial charge on any atom is -0.375 e. The summed E-state index contributed by atoms with van der Waals surface area (Å²) in [5.74, 6) is -1.80. The number of hydrogen-bond donors (Lipinski definition) is 2. The second kappa shape index (κ2) is 9.57. The van der Waals surface area contributed by atoms with Gasteiger partial charge in [-0.2, -0.15) is 5.10 Å². The first-order chi connectivity index (χ1) is 13.5. The maximum absolute atomic E-state index is 14.5. The quantitative estimate of drug-likeness (QED) is 0.441. The van der Waals surface area contributed by atoms with Gasteiger partial charge in [0.2, 0.25) is 0 Å². The van der Waals surface area contributed by atoms with Crippen LogP contribution in [0.5, 0.6) is 0 Å². The molecule has 0 radical (unpaired) electrons. The number of rotatable bonds is 6. The van der Waals surface area contributed by atoms with Crippen LogP contribution in [-0.2, 0) is 6.42 Å². The van der Waals surface area contributed by atoms with Crippen molar-refractivity contribution in [1.82, 2.24) is 10.3 Å². The van der Waals surface area contributed by atoms with E-state index in [0.29, 0.717) is 13.1 Å². The molecule has 0 amide bonds. The summed E-state index contributed by atoms with van der Waals surface area (Å²) in [5, 5.41) is 3.63. The van der Waals surface area contributed by atoms with Crippen molar-refractivity contribution in [3.05, 3.63) is 65.2 Å². The van der Waals surface area contributed by atoms with E-state index < -0.39 is 11.6 Å². The van der Waals surface area contributed by atoms with Gasteiger partial charge in [-0.15, -0.1) is 0 Å². The first-order valence-corrected chi connectivity index (χ1v) is 9.53. The Morgan fingerprint density at radius 2 is 1.79 bits per heavy atom. The van der Waals surface area contributed by atoms with Crippen LogP contribution in [-0.4, -0.2) is 49.0 Å². The minimum atomic E-state index is -0.933. The van der Waals surface area contributed by atoms with Gasteiger partial charge in [-0.05, 0) is 36.3 Å². The van der Waals surface area contributed by atoms with Gasteiger partial charge in [0, 0.05) is 38.3 Å². The van der Waals surface area contributed by atoms with Gasteiger partial charge >= 0.3 is 0 Å². The van der Waals surface area contributed by atoms with Crippen molar-refractivity contribution < 1.29 is 8.78 Å². The van der Waals surface area contributed by atoms with Gasteiger partial charge in [-0.25, -0.2) is 8.78 Å². The van der Waals surface area contributed by atoms with Crippen LogP contribution in [0, 0.1) is 11.6 Å². The largest absolute Gasteiger partial charge is 0.375 e. The molecule has 0 spiro atoms. The summed E-state index contributed by atoms with van der Waals surface area (Å²) in [7, 11) is 0. The summed E-state index contributed by atoms with van der Waals surface area (Å²) < 4.78 is 28.9. The number of nitrogens with zero attached hydrogens (tertiary/aromatic N) is 3. The van der Waals surface area contributed by atoms with Gasteiger partial charge in [0.1, 0.15) is 0 Å². The Morgan fingerprint density at radius 3 is 2.46 bits per heavy atom. The molecule has 1 saturated heterocycles. The van der Waals surface area contributed by atoms with Crippen molar-refractivity contribution in [2.24, 2.45) is 10.8 Å². The SMILES string of the molecule is NC(=S)N/N=C/c1ccc(N2CCN(CCc3ccccc3)CC2)c(F)c1F. The molecule has 1 aliphatic rings. The van der Waals surface area contributed by atoms with E-state index in [2.05, 4.69) is 39.8 Å². The highest BCUT2D eigenvalue weighted by Gasteiger charge is 2.22. The zero-order valence-electron chi connectivity index (χ0n) is 15.4. The van der Waals surface area contributed by atoms with E-state index in [-0.39, 0.29) is 16.4 Å². The van der Waals surface area contributed by atoms with Crippen LogP contribution in [0.3, 0.4) is 0 Å². The number of anilines is 1. The molecule has 0 saturated carbocycles. The van der Waals surface area contributed by atoms with Crippen molar-refractivity contribution in [2.75, 3.05) is 37.6 Å². The van der Waals surface area contributed by atoms with E-state index in [1.165, 1.54) is 11.6 Å². The number of nitrogens with one attached hydrogen (secondary N) is 1. The molecule has 0 atom stereocenters. The number of halogens is 2. The number of hydrogen-bond acceptors (Lipinski definition) is 4. The Kier molecular flexibility index (Phi) is 6.89. The smallest absolute Gasteiger partial charge is 0.184 e. The lowest BCUT2D eigenvalue weighted by Gasteiger charge is -2.36. The second-order valence-corrected chi connectivity index (χ2v) is 7.04. The Hall–Kier alpha value is -2.58. The molecule has 3 N–H and O–H groups in total. The molecule has 2 aromatic rings. The van der Waals surface area contributed by atoms with E-state index in [1.54, 1.807) is 6.07 Å². The molecule has 1 fully saturated rings. The maximum atomic E-state index is 14.5. The van der Waals surface area contributed by atoms with Gasteiger partial charge in [0.25, 0.3) is 0 Å². The molecule has 3 rings (SSSR count). The molecule has 1 heterocycles. The highest BCUT2D eigenvalue weighted by atomic mass is 32.1. The summed E-state index contributed by atoms with van der Waals surface area (Å²) in [6.07, 6.45) is 2.14. The molecule has 0 aliphatic carbocycles. The highest BCUT2D eigenvalue weighted by molar-refractivity contribution is 7.80. The van der Waals surface area contributed by atoms with Gasteiger partial charge in [-0.3, -0.25) is 10.3 Å². The van der Waals surface area contributed by atoms with Gasteiger partial charge in [0.15, 0.2) is 16.7 Å². The lowest BCUT2D eigenvalue weighted by atomic mass is 10.1. The number of piperazine rings is 1. The molecule has 2 aromatic carbocycles. The molecular weight excluding hydrogens is 380 g/mol. The predicted octanol–water partition coefficient (Wildman–Crippen LogP) is 2.50. The summed E-state index contributed by atoms with van der Waals surface area (Å²) in [4.78, 5) is 4.23. The standard InChI is InChI=1S/C20H23F2N5S/c21-18-16(14-24-25-20(23)28)6-7-17(19(18)22)27-12-10-26(11-13-27)9-8-15-4-2-1-3-5-15/h1-7,14H,8-13H2,(H3,23,25,28)/b24-14+. The van der Waals surface area contributed by atoms with E-state index >= 15 is 0 Å². The first-order valence-electron chi connectivity index (χ1n) is 9.12. The van der Waals surface area contributed by atoms with Crippen LogP contribution in [0.15, 0.2) is 47.6 Å². The highest BCUT2D eigenvalue weighted by Crippen LogP contribution is 2.24. The average molecular weight is 404 g/mol. The molecule has 1 aliphatic heterocycles. The third kappa shape index (κ3) is 5.24. The van der Waals surface area contributed by atoms with Crippen molar-refractivity contribution >= 4 is 29.2 Å². The third-order valence-electron chi connectivity index (χ3n) is 4.74. The van der Waals surface area contributed by atoms with E-state index in [1.807, 2.05) is 23.1 Å². The van der Waals surface area contributed by atoms with Gasteiger partial charge in [-0.1, -0.05) is 30.3 Å². The molecule has 28 heavy (non-hydrogen) atoms. The zero-order valence-corrected chi connectivity index (χ0v) is 16.3. The van der Waals surface area contributed by atoms with E-state index in [4.69, 9.17) is 5.73 Å². The van der Waals surface area contributed by atoms with Crippen LogP contribution in [0.1, 0.15) is 11.1 Å². The summed E-state index contributed by atoms with van der Waals surface area (Å²) in [6.45, 7) is 3.90.